The number of benzene rings is 1. The number of carbonyl (C=O) groups excluding carboxylic acids is 1. The molecule has 1 aliphatic heterocycles. The fraction of sp³-hybridized carbons (Fsp3) is 0.588. The molecular formula is C17H24N2O3. The predicted octanol–water partition coefficient (Wildman–Crippen LogP) is 3.06. The van der Waals surface area contributed by atoms with E-state index in [0.29, 0.717) is 18.3 Å². The van der Waals surface area contributed by atoms with Gasteiger partial charge in [0.1, 0.15) is 0 Å². The lowest BCUT2D eigenvalue weighted by Gasteiger charge is -2.20. The van der Waals surface area contributed by atoms with Gasteiger partial charge in [0.15, 0.2) is 11.5 Å². The number of rotatable bonds is 4. The molecule has 1 aromatic carbocycles. The molecule has 0 unspecified atom stereocenters. The summed E-state index contributed by atoms with van der Waals surface area (Å²) >= 11 is 0. The van der Waals surface area contributed by atoms with Crippen molar-refractivity contribution >= 4 is 11.6 Å². The second-order valence-corrected chi connectivity index (χ2v) is 6.04. The molecule has 1 aromatic rings. The molecule has 1 fully saturated rings. The quantitative estimate of drug-likeness (QED) is 0.897. The van der Waals surface area contributed by atoms with E-state index < -0.39 is 0 Å². The van der Waals surface area contributed by atoms with E-state index in [4.69, 9.17) is 9.47 Å². The Labute approximate surface area is 131 Å². The first-order valence-electron chi connectivity index (χ1n) is 8.24. The van der Waals surface area contributed by atoms with Crippen molar-refractivity contribution in [3.63, 3.8) is 0 Å². The normalized spacial score (nSPS) is 18.5. The molecule has 5 heteroatoms. The lowest BCUT2D eigenvalue weighted by Crippen LogP contribution is -2.36. The Morgan fingerprint density at radius 2 is 1.77 bits per heavy atom. The third kappa shape index (κ3) is 4.13. The summed E-state index contributed by atoms with van der Waals surface area (Å²) in [6.45, 7) is 0.606. The molecule has 0 aromatic heterocycles. The molecule has 0 atom stereocenters. The monoisotopic (exact) mass is 304 g/mol. The molecule has 5 nitrogen and oxygen atoms in total. The van der Waals surface area contributed by atoms with E-state index in [2.05, 4.69) is 10.6 Å². The SMILES string of the molecule is O=C(CNC1CCCCCCC1)Nc1ccc2c(c1)OCO2. The molecule has 2 N–H and O–H groups in total. The van der Waals surface area contributed by atoms with Crippen LogP contribution >= 0.6 is 0 Å². The molecule has 0 saturated heterocycles. The Morgan fingerprint density at radius 1 is 1.05 bits per heavy atom. The highest BCUT2D eigenvalue weighted by atomic mass is 16.7. The van der Waals surface area contributed by atoms with Gasteiger partial charge in [-0.1, -0.05) is 32.1 Å². The van der Waals surface area contributed by atoms with Gasteiger partial charge in [0.2, 0.25) is 12.7 Å². The second kappa shape index (κ2) is 7.49. The number of hydrogen-bond donors (Lipinski definition) is 2. The minimum Gasteiger partial charge on any atom is -0.454 e. The molecule has 1 amide bonds. The summed E-state index contributed by atoms with van der Waals surface area (Å²) < 4.78 is 10.6. The number of ether oxygens (including phenoxy) is 2. The van der Waals surface area contributed by atoms with Gasteiger partial charge in [0.05, 0.1) is 6.54 Å². The molecule has 120 valence electrons. The number of hydrogen-bond acceptors (Lipinski definition) is 4. The summed E-state index contributed by atoms with van der Waals surface area (Å²) in [6, 6.07) is 5.93. The first kappa shape index (κ1) is 15.2. The third-order valence-electron chi connectivity index (χ3n) is 4.31. The van der Waals surface area contributed by atoms with Crippen LogP contribution < -0.4 is 20.1 Å². The predicted molar refractivity (Wildman–Crippen MR) is 85.3 cm³/mol. The van der Waals surface area contributed by atoms with E-state index in [9.17, 15) is 4.79 Å². The van der Waals surface area contributed by atoms with Crippen LogP contribution in [0.5, 0.6) is 11.5 Å². The molecule has 22 heavy (non-hydrogen) atoms. The molecule has 1 saturated carbocycles. The smallest absolute Gasteiger partial charge is 0.238 e. The van der Waals surface area contributed by atoms with E-state index in [1.807, 2.05) is 12.1 Å². The Balaban J connectivity index is 1.45. The Kier molecular flexibility index (Phi) is 5.16. The van der Waals surface area contributed by atoms with Crippen molar-refractivity contribution in [1.82, 2.24) is 5.32 Å². The minimum atomic E-state index is -0.0130. The van der Waals surface area contributed by atoms with Crippen molar-refractivity contribution in [2.75, 3.05) is 18.7 Å². The van der Waals surface area contributed by atoms with Crippen LogP contribution in [0.15, 0.2) is 18.2 Å². The Morgan fingerprint density at radius 3 is 2.59 bits per heavy atom. The van der Waals surface area contributed by atoms with Gasteiger partial charge >= 0.3 is 0 Å². The van der Waals surface area contributed by atoms with E-state index in [0.717, 1.165) is 11.4 Å². The molecule has 0 bridgehead atoms. The molecular weight excluding hydrogens is 280 g/mol. The highest BCUT2D eigenvalue weighted by molar-refractivity contribution is 5.92. The zero-order valence-electron chi connectivity index (χ0n) is 12.9. The maximum Gasteiger partial charge on any atom is 0.238 e. The zero-order valence-corrected chi connectivity index (χ0v) is 12.9. The van der Waals surface area contributed by atoms with Crippen molar-refractivity contribution in [3.05, 3.63) is 18.2 Å². The maximum absolute atomic E-state index is 12.1. The average molecular weight is 304 g/mol. The summed E-state index contributed by atoms with van der Waals surface area (Å²) in [5.74, 6) is 1.40. The van der Waals surface area contributed by atoms with Crippen LogP contribution in [0, 0.1) is 0 Å². The standard InChI is InChI=1S/C17H24N2O3/c20-17(11-18-13-6-4-2-1-3-5-7-13)19-14-8-9-15-16(10-14)22-12-21-15/h8-10,13,18H,1-7,11-12H2,(H,19,20). The van der Waals surface area contributed by atoms with Crippen LogP contribution in [-0.4, -0.2) is 25.3 Å². The van der Waals surface area contributed by atoms with Crippen LogP contribution in [0.1, 0.15) is 44.9 Å². The fourth-order valence-corrected chi connectivity index (χ4v) is 3.08. The van der Waals surface area contributed by atoms with E-state index in [-0.39, 0.29) is 12.7 Å². The van der Waals surface area contributed by atoms with Crippen LogP contribution in [-0.2, 0) is 4.79 Å². The average Bonchev–Trinajstić information content (AvgIpc) is 2.93. The summed E-state index contributed by atoms with van der Waals surface area (Å²) in [5, 5.41) is 6.30. The lowest BCUT2D eigenvalue weighted by atomic mass is 9.97. The van der Waals surface area contributed by atoms with Gasteiger partial charge < -0.3 is 20.1 Å². The van der Waals surface area contributed by atoms with Gasteiger partial charge in [-0.3, -0.25) is 4.79 Å². The van der Waals surface area contributed by atoms with Crippen molar-refractivity contribution < 1.29 is 14.3 Å². The Hall–Kier alpha value is -1.75. The van der Waals surface area contributed by atoms with Gasteiger partial charge in [-0.15, -0.1) is 0 Å². The number of nitrogens with one attached hydrogen (secondary N) is 2. The number of amides is 1. The number of carbonyl (C=O) groups is 1. The van der Waals surface area contributed by atoms with E-state index >= 15 is 0 Å². The first-order chi connectivity index (χ1) is 10.8. The number of fused-ring (bicyclic) bond motifs is 1. The van der Waals surface area contributed by atoms with Gasteiger partial charge in [-0.2, -0.15) is 0 Å². The van der Waals surface area contributed by atoms with Gasteiger partial charge in [0, 0.05) is 17.8 Å². The molecule has 2 aliphatic rings. The highest BCUT2D eigenvalue weighted by Crippen LogP contribution is 2.34. The first-order valence-corrected chi connectivity index (χ1v) is 8.24. The second-order valence-electron chi connectivity index (χ2n) is 6.04. The fourth-order valence-electron chi connectivity index (χ4n) is 3.08. The van der Waals surface area contributed by atoms with E-state index in [1.54, 1.807) is 6.07 Å². The maximum atomic E-state index is 12.1. The van der Waals surface area contributed by atoms with Crippen LogP contribution in [0.3, 0.4) is 0 Å². The highest BCUT2D eigenvalue weighted by Gasteiger charge is 2.15. The van der Waals surface area contributed by atoms with Crippen LogP contribution in [0.4, 0.5) is 5.69 Å². The van der Waals surface area contributed by atoms with Crippen molar-refractivity contribution in [1.29, 1.82) is 0 Å². The van der Waals surface area contributed by atoms with E-state index in [1.165, 1.54) is 44.9 Å². The Bertz CT molecular complexity index is 511. The van der Waals surface area contributed by atoms with Crippen LogP contribution in [0.25, 0.3) is 0 Å². The molecule has 1 aliphatic carbocycles. The van der Waals surface area contributed by atoms with Crippen molar-refractivity contribution in [2.24, 2.45) is 0 Å². The lowest BCUT2D eigenvalue weighted by molar-refractivity contribution is -0.115. The summed E-state index contributed by atoms with van der Waals surface area (Å²) in [5.41, 5.74) is 0.744. The molecule has 3 rings (SSSR count). The minimum absolute atomic E-state index is 0.0130. The summed E-state index contributed by atoms with van der Waals surface area (Å²) in [4.78, 5) is 12.1. The van der Waals surface area contributed by atoms with Gasteiger partial charge in [-0.05, 0) is 25.0 Å². The summed E-state index contributed by atoms with van der Waals surface area (Å²) in [7, 11) is 0. The molecule has 0 radical (unpaired) electrons. The van der Waals surface area contributed by atoms with Crippen molar-refractivity contribution in [3.8, 4) is 11.5 Å². The van der Waals surface area contributed by atoms with Gasteiger partial charge in [-0.25, -0.2) is 0 Å². The molecule has 1 heterocycles. The van der Waals surface area contributed by atoms with Gasteiger partial charge in [0.25, 0.3) is 0 Å². The number of anilines is 1. The summed E-state index contributed by atoms with van der Waals surface area (Å²) in [6.07, 6.45) is 8.89. The van der Waals surface area contributed by atoms with Crippen molar-refractivity contribution in [2.45, 2.75) is 51.0 Å². The largest absolute Gasteiger partial charge is 0.454 e. The third-order valence-corrected chi connectivity index (χ3v) is 4.31. The molecule has 0 spiro atoms. The topological polar surface area (TPSA) is 59.6 Å². The zero-order chi connectivity index (χ0) is 15.2. The van der Waals surface area contributed by atoms with Crippen LogP contribution in [0.2, 0.25) is 0 Å².